The molecule has 2 amide bonds. The molecule has 98 valence electrons. The Labute approximate surface area is 108 Å². The lowest BCUT2D eigenvalue weighted by Gasteiger charge is -2.14. The Bertz CT molecular complexity index is 268. The highest BCUT2D eigenvalue weighted by Gasteiger charge is 2.37. The van der Waals surface area contributed by atoms with Gasteiger partial charge in [-0.1, -0.05) is 33.1 Å². The van der Waals surface area contributed by atoms with Gasteiger partial charge >= 0.3 is 0 Å². The van der Waals surface area contributed by atoms with Crippen molar-refractivity contribution in [1.82, 2.24) is 4.90 Å². The molecule has 0 saturated carbocycles. The van der Waals surface area contributed by atoms with Gasteiger partial charge in [0.1, 0.15) is 0 Å². The van der Waals surface area contributed by atoms with Crippen molar-refractivity contribution in [3.8, 4) is 0 Å². The van der Waals surface area contributed by atoms with Crippen molar-refractivity contribution in [2.45, 2.75) is 57.6 Å². The standard InChI is InChI=1S/C13H23NO2S/c1-3-5-7-8-14-12(15)10-11(13(14)16)17-9-6-4-2/h11H,3-10H2,1-2H3. The minimum absolute atomic E-state index is 0.0279. The number of nitrogens with zero attached hydrogens (tertiary/aromatic N) is 1. The molecule has 0 aromatic rings. The van der Waals surface area contributed by atoms with Gasteiger partial charge in [0.25, 0.3) is 0 Å². The molecule has 1 aliphatic rings. The molecule has 0 spiro atoms. The molecular weight excluding hydrogens is 234 g/mol. The minimum Gasteiger partial charge on any atom is -0.282 e. The number of amides is 2. The second-order valence-corrected chi connectivity index (χ2v) is 5.82. The Morgan fingerprint density at radius 2 is 1.88 bits per heavy atom. The van der Waals surface area contributed by atoms with E-state index in [1.54, 1.807) is 11.8 Å². The van der Waals surface area contributed by atoms with Crippen LogP contribution in [0.3, 0.4) is 0 Å². The lowest BCUT2D eigenvalue weighted by atomic mass is 10.2. The Morgan fingerprint density at radius 1 is 1.18 bits per heavy atom. The normalized spacial score (nSPS) is 20.4. The maximum absolute atomic E-state index is 12.0. The largest absolute Gasteiger partial charge is 0.282 e. The molecule has 0 N–H and O–H groups in total. The van der Waals surface area contributed by atoms with Crippen molar-refractivity contribution in [3.63, 3.8) is 0 Å². The fraction of sp³-hybridized carbons (Fsp3) is 0.846. The van der Waals surface area contributed by atoms with Gasteiger partial charge in [-0.05, 0) is 18.6 Å². The Kier molecular flexibility index (Phi) is 6.63. The molecule has 0 aliphatic carbocycles. The van der Waals surface area contributed by atoms with E-state index >= 15 is 0 Å². The van der Waals surface area contributed by atoms with Gasteiger partial charge in [-0.2, -0.15) is 0 Å². The molecule has 0 aromatic carbocycles. The van der Waals surface area contributed by atoms with E-state index in [0.29, 0.717) is 13.0 Å². The Balaban J connectivity index is 2.36. The second-order valence-electron chi connectivity index (χ2n) is 4.51. The number of thioether (sulfide) groups is 1. The summed E-state index contributed by atoms with van der Waals surface area (Å²) < 4.78 is 0. The lowest BCUT2D eigenvalue weighted by Crippen LogP contribution is -2.32. The first-order valence-electron chi connectivity index (χ1n) is 6.66. The van der Waals surface area contributed by atoms with Crippen LogP contribution in [-0.2, 0) is 9.59 Å². The number of carbonyl (C=O) groups is 2. The van der Waals surface area contributed by atoms with Crippen molar-refractivity contribution >= 4 is 23.6 Å². The topological polar surface area (TPSA) is 37.4 Å². The Hall–Kier alpha value is -0.510. The summed E-state index contributed by atoms with van der Waals surface area (Å²) >= 11 is 1.65. The number of unbranched alkanes of at least 4 members (excludes halogenated alkanes) is 3. The van der Waals surface area contributed by atoms with E-state index < -0.39 is 0 Å². The number of carbonyl (C=O) groups excluding carboxylic acids is 2. The molecule has 1 unspecified atom stereocenters. The maximum atomic E-state index is 12.0. The zero-order chi connectivity index (χ0) is 12.7. The fourth-order valence-corrected chi connectivity index (χ4v) is 3.18. The SMILES string of the molecule is CCCCCN1C(=O)CC(SCCCC)C1=O. The molecular formula is C13H23NO2S. The monoisotopic (exact) mass is 257 g/mol. The smallest absolute Gasteiger partial charge is 0.242 e. The minimum atomic E-state index is -0.101. The average molecular weight is 257 g/mol. The summed E-state index contributed by atoms with van der Waals surface area (Å²) in [7, 11) is 0. The van der Waals surface area contributed by atoms with E-state index in [0.717, 1.165) is 37.9 Å². The number of imide groups is 1. The molecule has 3 nitrogen and oxygen atoms in total. The molecule has 1 saturated heterocycles. The van der Waals surface area contributed by atoms with Crippen molar-refractivity contribution in [2.24, 2.45) is 0 Å². The zero-order valence-electron chi connectivity index (χ0n) is 10.9. The van der Waals surface area contributed by atoms with E-state index in [2.05, 4.69) is 13.8 Å². The first-order chi connectivity index (χ1) is 8.20. The van der Waals surface area contributed by atoms with Crippen LogP contribution in [0.1, 0.15) is 52.4 Å². The molecule has 1 heterocycles. The summed E-state index contributed by atoms with van der Waals surface area (Å²) in [4.78, 5) is 25.2. The van der Waals surface area contributed by atoms with E-state index in [-0.39, 0.29) is 17.1 Å². The summed E-state index contributed by atoms with van der Waals surface area (Å²) in [6.45, 7) is 4.88. The summed E-state index contributed by atoms with van der Waals surface area (Å²) in [5.74, 6) is 1.07. The molecule has 1 rings (SSSR count). The average Bonchev–Trinajstić information content (AvgIpc) is 2.57. The van der Waals surface area contributed by atoms with Gasteiger partial charge < -0.3 is 0 Å². The third-order valence-electron chi connectivity index (χ3n) is 3.00. The molecule has 1 fully saturated rings. The van der Waals surface area contributed by atoms with Crippen LogP contribution in [0.15, 0.2) is 0 Å². The summed E-state index contributed by atoms with van der Waals surface area (Å²) in [5, 5.41) is -0.101. The van der Waals surface area contributed by atoms with Crippen molar-refractivity contribution in [1.29, 1.82) is 0 Å². The van der Waals surface area contributed by atoms with E-state index in [1.165, 1.54) is 4.90 Å². The van der Waals surface area contributed by atoms with E-state index in [9.17, 15) is 9.59 Å². The molecule has 1 atom stereocenters. The van der Waals surface area contributed by atoms with E-state index in [4.69, 9.17) is 0 Å². The van der Waals surface area contributed by atoms with Gasteiger partial charge in [0, 0.05) is 13.0 Å². The van der Waals surface area contributed by atoms with Crippen molar-refractivity contribution in [2.75, 3.05) is 12.3 Å². The van der Waals surface area contributed by atoms with Crippen LogP contribution in [0.4, 0.5) is 0 Å². The summed E-state index contributed by atoms with van der Waals surface area (Å²) in [6, 6.07) is 0. The third kappa shape index (κ3) is 4.34. The van der Waals surface area contributed by atoms with Crippen LogP contribution in [0.2, 0.25) is 0 Å². The van der Waals surface area contributed by atoms with Crippen molar-refractivity contribution in [3.05, 3.63) is 0 Å². The van der Waals surface area contributed by atoms with Crippen LogP contribution < -0.4 is 0 Å². The lowest BCUT2D eigenvalue weighted by molar-refractivity contribution is -0.138. The van der Waals surface area contributed by atoms with Crippen molar-refractivity contribution < 1.29 is 9.59 Å². The first-order valence-corrected chi connectivity index (χ1v) is 7.71. The van der Waals surface area contributed by atoms with Gasteiger partial charge in [0.05, 0.1) is 5.25 Å². The van der Waals surface area contributed by atoms with Gasteiger partial charge in [-0.15, -0.1) is 11.8 Å². The molecule has 1 aliphatic heterocycles. The van der Waals surface area contributed by atoms with Crippen LogP contribution in [0.5, 0.6) is 0 Å². The second kappa shape index (κ2) is 7.75. The number of hydrogen-bond donors (Lipinski definition) is 0. The molecule has 0 bridgehead atoms. The highest BCUT2D eigenvalue weighted by atomic mass is 32.2. The van der Waals surface area contributed by atoms with Gasteiger partial charge in [-0.25, -0.2) is 0 Å². The number of rotatable bonds is 8. The van der Waals surface area contributed by atoms with Gasteiger partial charge in [0.2, 0.25) is 11.8 Å². The third-order valence-corrected chi connectivity index (χ3v) is 4.30. The highest BCUT2D eigenvalue weighted by molar-refractivity contribution is 8.00. The zero-order valence-corrected chi connectivity index (χ0v) is 11.7. The predicted octanol–water partition coefficient (Wildman–Crippen LogP) is 2.84. The summed E-state index contributed by atoms with van der Waals surface area (Å²) in [5.41, 5.74) is 0. The quantitative estimate of drug-likeness (QED) is 0.495. The van der Waals surface area contributed by atoms with Crippen LogP contribution in [0, 0.1) is 0 Å². The number of likely N-dealkylation sites (tertiary alicyclic amines) is 1. The Morgan fingerprint density at radius 3 is 2.53 bits per heavy atom. The van der Waals surface area contributed by atoms with Gasteiger partial charge in [-0.3, -0.25) is 14.5 Å². The molecule has 0 aromatic heterocycles. The molecule has 4 heteroatoms. The van der Waals surface area contributed by atoms with Crippen LogP contribution >= 0.6 is 11.8 Å². The highest BCUT2D eigenvalue weighted by Crippen LogP contribution is 2.26. The maximum Gasteiger partial charge on any atom is 0.242 e. The number of hydrogen-bond acceptors (Lipinski definition) is 3. The summed E-state index contributed by atoms with van der Waals surface area (Å²) in [6.07, 6.45) is 5.83. The first kappa shape index (κ1) is 14.6. The van der Waals surface area contributed by atoms with Crippen LogP contribution in [-0.4, -0.2) is 34.3 Å². The fourth-order valence-electron chi connectivity index (χ4n) is 1.91. The van der Waals surface area contributed by atoms with Crippen LogP contribution in [0.25, 0.3) is 0 Å². The van der Waals surface area contributed by atoms with E-state index in [1.807, 2.05) is 0 Å². The molecule has 0 radical (unpaired) electrons. The van der Waals surface area contributed by atoms with Gasteiger partial charge in [0.15, 0.2) is 0 Å². The predicted molar refractivity (Wildman–Crippen MR) is 72.0 cm³/mol. The molecule has 17 heavy (non-hydrogen) atoms.